The van der Waals surface area contributed by atoms with Gasteiger partial charge in [0.05, 0.1) is 0 Å². The highest BCUT2D eigenvalue weighted by Crippen LogP contribution is 2.50. The summed E-state index contributed by atoms with van der Waals surface area (Å²) in [6.45, 7) is 4.50. The quantitative estimate of drug-likeness (QED) is 0.705. The summed E-state index contributed by atoms with van der Waals surface area (Å²) < 4.78 is 19.4. The molecule has 5 nitrogen and oxygen atoms in total. The molecular weight excluding hydrogens is 389 g/mol. The Kier molecular flexibility index (Phi) is 7.05. The molecule has 7 heteroatoms. The molecule has 0 saturated heterocycles. The zero-order valence-corrected chi connectivity index (χ0v) is 17.5. The molecule has 1 aliphatic rings. The van der Waals surface area contributed by atoms with Crippen molar-refractivity contribution in [2.75, 3.05) is 13.2 Å². The van der Waals surface area contributed by atoms with Crippen molar-refractivity contribution in [3.63, 3.8) is 0 Å². The van der Waals surface area contributed by atoms with Crippen molar-refractivity contribution in [1.29, 1.82) is 0 Å². The third-order valence-corrected chi connectivity index (χ3v) is 6.25. The Morgan fingerprint density at radius 3 is 2.69 bits per heavy atom. The summed E-state index contributed by atoms with van der Waals surface area (Å²) in [5.74, 6) is -0.572. The molecular formula is C22H26FN3O2S. The number of halogens is 1. The van der Waals surface area contributed by atoms with Crippen LogP contribution in [0.4, 0.5) is 4.39 Å². The molecule has 2 atom stereocenters. The predicted molar refractivity (Wildman–Crippen MR) is 115 cm³/mol. The molecule has 0 bridgehead atoms. The predicted octanol–water partition coefficient (Wildman–Crippen LogP) is 4.08. The molecule has 0 saturated carbocycles. The van der Waals surface area contributed by atoms with Gasteiger partial charge in [-0.1, -0.05) is 54.2 Å². The van der Waals surface area contributed by atoms with Crippen LogP contribution in [0, 0.1) is 5.82 Å². The van der Waals surface area contributed by atoms with Crippen LogP contribution >= 0.6 is 11.8 Å². The van der Waals surface area contributed by atoms with E-state index in [0.29, 0.717) is 36.6 Å². The van der Waals surface area contributed by atoms with Crippen LogP contribution in [0.25, 0.3) is 0 Å². The number of benzene rings is 2. The monoisotopic (exact) mass is 415 g/mol. The van der Waals surface area contributed by atoms with Crippen molar-refractivity contribution in [2.45, 2.75) is 37.7 Å². The highest BCUT2D eigenvalue weighted by atomic mass is 32.2. The summed E-state index contributed by atoms with van der Waals surface area (Å²) in [5, 5.41) is 6.78. The van der Waals surface area contributed by atoms with E-state index in [-0.39, 0.29) is 11.7 Å². The van der Waals surface area contributed by atoms with Gasteiger partial charge in [0.15, 0.2) is 0 Å². The lowest BCUT2D eigenvalue weighted by atomic mass is 10.00. The van der Waals surface area contributed by atoms with Gasteiger partial charge in [0.1, 0.15) is 21.8 Å². The lowest BCUT2D eigenvalue weighted by Gasteiger charge is -2.37. The van der Waals surface area contributed by atoms with Gasteiger partial charge in [0.2, 0.25) is 0 Å². The third-order valence-electron chi connectivity index (χ3n) is 4.79. The van der Waals surface area contributed by atoms with Crippen molar-refractivity contribution in [3.8, 4) is 0 Å². The first-order valence-electron chi connectivity index (χ1n) is 9.76. The maximum Gasteiger partial charge on any atom is 0.273 e. The van der Waals surface area contributed by atoms with Gasteiger partial charge in [0, 0.05) is 12.2 Å². The van der Waals surface area contributed by atoms with Gasteiger partial charge >= 0.3 is 0 Å². The van der Waals surface area contributed by atoms with Crippen LogP contribution in [-0.4, -0.2) is 35.2 Å². The van der Waals surface area contributed by atoms with E-state index < -0.39 is 11.0 Å². The van der Waals surface area contributed by atoms with Gasteiger partial charge < -0.3 is 10.5 Å². The normalized spacial score (nSPS) is 19.9. The maximum absolute atomic E-state index is 13.8. The molecule has 0 fully saturated rings. The summed E-state index contributed by atoms with van der Waals surface area (Å²) in [5.41, 5.74) is 7.40. The first-order valence-corrected chi connectivity index (χ1v) is 10.6. The lowest BCUT2D eigenvalue weighted by Crippen LogP contribution is -2.46. The molecule has 0 unspecified atom stereocenters. The topological polar surface area (TPSA) is 67.9 Å². The highest BCUT2D eigenvalue weighted by molar-refractivity contribution is 8.15. The molecule has 0 aromatic heterocycles. The summed E-state index contributed by atoms with van der Waals surface area (Å²) >= 11 is 1.46. The number of hydrogen-bond donors (Lipinski definition) is 1. The standard InChI is InChI=1S/C22H26FN3O2S/c1-3-28-16(2)21(27)26-22(13-8-14-24,18-10-5-4-6-11-18)29-20(25-26)17-9-7-12-19(23)15-17/h4-7,9-12,15-16H,3,8,13-14,24H2,1-2H3/t16-,22-/m0/s1. The number of nitrogens with two attached hydrogens (primary N) is 1. The van der Waals surface area contributed by atoms with Crippen LogP contribution < -0.4 is 5.73 Å². The minimum Gasteiger partial charge on any atom is -0.369 e. The Balaban J connectivity index is 2.10. The van der Waals surface area contributed by atoms with Gasteiger partial charge in [-0.15, -0.1) is 0 Å². The van der Waals surface area contributed by atoms with Gasteiger partial charge in [0.25, 0.3) is 5.91 Å². The number of hydrogen-bond acceptors (Lipinski definition) is 5. The average Bonchev–Trinajstić information content (AvgIpc) is 3.13. The molecule has 1 aliphatic heterocycles. The van der Waals surface area contributed by atoms with Crippen LogP contribution in [0.1, 0.15) is 37.8 Å². The largest absolute Gasteiger partial charge is 0.369 e. The van der Waals surface area contributed by atoms with Gasteiger partial charge in [-0.2, -0.15) is 5.10 Å². The summed E-state index contributed by atoms with van der Waals surface area (Å²) in [6, 6.07) is 16.1. The Hall–Kier alpha value is -2.22. The Labute approximate surface area is 175 Å². The van der Waals surface area contributed by atoms with Gasteiger partial charge in [-0.25, -0.2) is 9.40 Å². The Bertz CT molecular complexity index is 877. The number of carbonyl (C=O) groups is 1. The smallest absolute Gasteiger partial charge is 0.273 e. The molecule has 29 heavy (non-hydrogen) atoms. The Morgan fingerprint density at radius 1 is 1.28 bits per heavy atom. The van der Waals surface area contributed by atoms with Crippen LogP contribution in [0.5, 0.6) is 0 Å². The second-order valence-electron chi connectivity index (χ2n) is 6.81. The van der Waals surface area contributed by atoms with Crippen LogP contribution in [0.3, 0.4) is 0 Å². The van der Waals surface area contributed by atoms with E-state index in [4.69, 9.17) is 10.5 Å². The molecule has 2 aromatic carbocycles. The molecule has 3 rings (SSSR count). The molecule has 0 aliphatic carbocycles. The van der Waals surface area contributed by atoms with E-state index >= 15 is 0 Å². The number of ether oxygens (including phenoxy) is 1. The maximum atomic E-state index is 13.8. The zero-order chi connectivity index (χ0) is 20.9. The molecule has 154 valence electrons. The van der Waals surface area contributed by atoms with E-state index in [1.165, 1.54) is 28.9 Å². The van der Waals surface area contributed by atoms with Crippen LogP contribution in [0.15, 0.2) is 59.7 Å². The first-order chi connectivity index (χ1) is 14.0. The number of amides is 1. The van der Waals surface area contributed by atoms with E-state index in [1.807, 2.05) is 37.3 Å². The van der Waals surface area contributed by atoms with Crippen molar-refractivity contribution in [1.82, 2.24) is 5.01 Å². The number of nitrogens with zero attached hydrogens (tertiary/aromatic N) is 2. The van der Waals surface area contributed by atoms with Crippen LogP contribution in [-0.2, 0) is 14.4 Å². The SMILES string of the molecule is CCO[C@@H](C)C(=O)N1N=C(c2cccc(F)c2)S[C@@]1(CCCN)c1ccccc1. The molecule has 1 amide bonds. The van der Waals surface area contributed by atoms with Crippen molar-refractivity contribution < 1.29 is 13.9 Å². The fourth-order valence-corrected chi connectivity index (χ4v) is 4.78. The van der Waals surface area contributed by atoms with E-state index in [2.05, 4.69) is 5.10 Å². The summed E-state index contributed by atoms with van der Waals surface area (Å²) in [4.78, 5) is 12.5. The number of rotatable bonds is 8. The van der Waals surface area contributed by atoms with E-state index in [1.54, 1.807) is 19.1 Å². The van der Waals surface area contributed by atoms with Crippen molar-refractivity contribution in [2.24, 2.45) is 10.8 Å². The fourth-order valence-electron chi connectivity index (χ4n) is 3.38. The first kappa shape index (κ1) is 21.5. The van der Waals surface area contributed by atoms with Crippen molar-refractivity contribution in [3.05, 3.63) is 71.5 Å². The number of carbonyl (C=O) groups excluding carboxylic acids is 1. The average molecular weight is 416 g/mol. The fraction of sp³-hybridized carbons (Fsp3) is 0.364. The molecule has 0 spiro atoms. The molecule has 2 N–H and O–H groups in total. The Morgan fingerprint density at radius 2 is 2.03 bits per heavy atom. The molecule has 1 heterocycles. The van der Waals surface area contributed by atoms with Crippen LogP contribution in [0.2, 0.25) is 0 Å². The summed E-state index contributed by atoms with van der Waals surface area (Å²) in [6.07, 6.45) is 0.684. The summed E-state index contributed by atoms with van der Waals surface area (Å²) in [7, 11) is 0. The molecule has 2 aromatic rings. The molecule has 0 radical (unpaired) electrons. The number of thioether (sulfide) groups is 1. The van der Waals surface area contributed by atoms with Gasteiger partial charge in [-0.3, -0.25) is 4.79 Å². The minimum absolute atomic E-state index is 0.230. The zero-order valence-electron chi connectivity index (χ0n) is 16.7. The second-order valence-corrected chi connectivity index (χ2v) is 8.07. The number of hydrazone groups is 1. The highest BCUT2D eigenvalue weighted by Gasteiger charge is 2.49. The van der Waals surface area contributed by atoms with E-state index in [9.17, 15) is 9.18 Å². The van der Waals surface area contributed by atoms with Gasteiger partial charge in [-0.05, 0) is 50.9 Å². The second kappa shape index (κ2) is 9.52. The minimum atomic E-state index is -0.759. The third kappa shape index (κ3) is 4.52. The van der Waals surface area contributed by atoms with E-state index in [0.717, 1.165) is 5.56 Å². The lowest BCUT2D eigenvalue weighted by molar-refractivity contribution is -0.146. The van der Waals surface area contributed by atoms with Crippen molar-refractivity contribution >= 4 is 22.7 Å².